The first-order valence-corrected chi connectivity index (χ1v) is 11.2. The average molecular weight is 423 g/mol. The van der Waals surface area contributed by atoms with Crippen molar-refractivity contribution in [2.45, 2.75) is 29.9 Å². The number of nitrogens with zero attached hydrogens (tertiary/aromatic N) is 1. The van der Waals surface area contributed by atoms with Gasteiger partial charge in [0.05, 0.1) is 4.88 Å². The number of carboxylic acid groups (broad SMARTS) is 1. The topological polar surface area (TPSA) is 104 Å². The van der Waals surface area contributed by atoms with Crippen LogP contribution in [0.4, 0.5) is 0 Å². The van der Waals surface area contributed by atoms with Crippen LogP contribution in [0.15, 0.2) is 40.6 Å². The predicted molar refractivity (Wildman–Crippen MR) is 106 cm³/mol. The fourth-order valence-electron chi connectivity index (χ4n) is 3.32. The van der Waals surface area contributed by atoms with Crippen molar-refractivity contribution in [1.29, 1.82) is 0 Å². The molecule has 1 aliphatic rings. The maximum atomic E-state index is 13.0. The van der Waals surface area contributed by atoms with E-state index in [2.05, 4.69) is 17.4 Å². The number of aliphatic carboxylic acids is 1. The first-order valence-electron chi connectivity index (χ1n) is 8.94. The first kappa shape index (κ1) is 20.5. The van der Waals surface area contributed by atoms with Crippen molar-refractivity contribution in [3.8, 4) is 0 Å². The minimum absolute atomic E-state index is 0.114. The number of thiophene rings is 1. The minimum Gasteiger partial charge on any atom is -0.480 e. The molecule has 0 radical (unpaired) electrons. The number of carbonyl (C=O) groups is 2. The van der Waals surface area contributed by atoms with Crippen molar-refractivity contribution >= 4 is 33.2 Å². The highest BCUT2D eigenvalue weighted by molar-refractivity contribution is 7.91. The average Bonchev–Trinajstić information content (AvgIpc) is 3.09. The van der Waals surface area contributed by atoms with E-state index in [0.717, 1.165) is 24.2 Å². The normalized spacial score (nSPS) is 16.0. The molecule has 1 aromatic carbocycles. The van der Waals surface area contributed by atoms with Gasteiger partial charge in [-0.25, -0.2) is 8.42 Å². The Kier molecular flexibility index (Phi) is 6.17. The standard InChI is InChI=1S/C19H22N2O5S2/c1-13-11-17(27-18(13)19(24)20-12-16(22)23)28(25,26)21-9-7-15(8-10-21)14-5-3-2-4-6-14/h2-6,11,15H,7-10,12H2,1H3,(H,20,24)(H,22,23). The van der Waals surface area contributed by atoms with Crippen molar-refractivity contribution in [3.05, 3.63) is 52.4 Å². The van der Waals surface area contributed by atoms with Crippen LogP contribution in [-0.4, -0.2) is 49.3 Å². The third-order valence-electron chi connectivity index (χ3n) is 4.82. The van der Waals surface area contributed by atoms with Crippen molar-refractivity contribution in [2.75, 3.05) is 19.6 Å². The zero-order valence-electron chi connectivity index (χ0n) is 15.4. The highest BCUT2D eigenvalue weighted by atomic mass is 32.2. The van der Waals surface area contributed by atoms with Crippen LogP contribution in [0.5, 0.6) is 0 Å². The van der Waals surface area contributed by atoms with E-state index in [1.807, 2.05) is 18.2 Å². The van der Waals surface area contributed by atoms with E-state index in [9.17, 15) is 18.0 Å². The van der Waals surface area contributed by atoms with E-state index in [4.69, 9.17) is 5.11 Å². The zero-order valence-corrected chi connectivity index (χ0v) is 17.1. The summed E-state index contributed by atoms with van der Waals surface area (Å²) in [6, 6.07) is 11.6. The number of hydrogen-bond acceptors (Lipinski definition) is 5. The summed E-state index contributed by atoms with van der Waals surface area (Å²) in [5.41, 5.74) is 1.74. The van der Waals surface area contributed by atoms with Crippen LogP contribution in [0.3, 0.4) is 0 Å². The Morgan fingerprint density at radius 2 is 1.86 bits per heavy atom. The van der Waals surface area contributed by atoms with E-state index >= 15 is 0 Å². The third-order valence-corrected chi connectivity index (χ3v) is 8.40. The van der Waals surface area contributed by atoms with Gasteiger partial charge in [-0.15, -0.1) is 11.3 Å². The van der Waals surface area contributed by atoms with Gasteiger partial charge in [0.15, 0.2) is 0 Å². The molecule has 28 heavy (non-hydrogen) atoms. The Morgan fingerprint density at radius 3 is 2.46 bits per heavy atom. The molecule has 0 saturated carbocycles. The van der Waals surface area contributed by atoms with E-state index in [-0.39, 0.29) is 9.09 Å². The molecule has 1 aliphatic heterocycles. The number of hydrogen-bond donors (Lipinski definition) is 2. The molecule has 2 heterocycles. The molecule has 3 rings (SSSR count). The lowest BCUT2D eigenvalue weighted by atomic mass is 9.90. The second-order valence-corrected chi connectivity index (χ2v) is 9.96. The quantitative estimate of drug-likeness (QED) is 0.744. The van der Waals surface area contributed by atoms with Gasteiger partial charge < -0.3 is 10.4 Å². The summed E-state index contributed by atoms with van der Waals surface area (Å²) in [5.74, 6) is -1.39. The van der Waals surface area contributed by atoms with Gasteiger partial charge in [-0.05, 0) is 42.9 Å². The van der Waals surface area contributed by atoms with Crippen LogP contribution < -0.4 is 5.32 Å². The molecule has 2 N–H and O–H groups in total. The first-order chi connectivity index (χ1) is 13.3. The van der Waals surface area contributed by atoms with Crippen LogP contribution in [0.1, 0.15) is 39.6 Å². The Hall–Kier alpha value is -2.23. The Morgan fingerprint density at radius 1 is 1.21 bits per heavy atom. The smallest absolute Gasteiger partial charge is 0.322 e. The molecule has 1 saturated heterocycles. The van der Waals surface area contributed by atoms with E-state index in [1.165, 1.54) is 15.9 Å². The number of sulfonamides is 1. The van der Waals surface area contributed by atoms with Crippen LogP contribution in [-0.2, 0) is 14.8 Å². The van der Waals surface area contributed by atoms with E-state index < -0.39 is 28.4 Å². The molecule has 0 bridgehead atoms. The Balaban J connectivity index is 1.71. The molecular formula is C19H22N2O5S2. The second-order valence-electron chi connectivity index (χ2n) is 6.74. The number of piperidine rings is 1. The maximum absolute atomic E-state index is 13.0. The van der Waals surface area contributed by atoms with Gasteiger partial charge >= 0.3 is 5.97 Å². The summed E-state index contributed by atoms with van der Waals surface area (Å²) in [4.78, 5) is 22.9. The number of rotatable bonds is 6. The Labute approximate surface area is 168 Å². The largest absolute Gasteiger partial charge is 0.480 e. The summed E-state index contributed by atoms with van der Waals surface area (Å²) in [6.45, 7) is 2.00. The van der Waals surface area contributed by atoms with Gasteiger partial charge in [0.2, 0.25) is 0 Å². The van der Waals surface area contributed by atoms with Crippen LogP contribution in [0.2, 0.25) is 0 Å². The number of carboxylic acids is 1. The Bertz CT molecular complexity index is 961. The maximum Gasteiger partial charge on any atom is 0.322 e. The summed E-state index contributed by atoms with van der Waals surface area (Å²) in [7, 11) is -3.68. The monoisotopic (exact) mass is 422 g/mol. The number of carbonyl (C=O) groups excluding carboxylic acids is 1. The van der Waals surface area contributed by atoms with Gasteiger partial charge in [0.1, 0.15) is 10.8 Å². The lowest BCUT2D eigenvalue weighted by Gasteiger charge is -2.31. The van der Waals surface area contributed by atoms with E-state index in [0.29, 0.717) is 24.6 Å². The molecule has 0 aliphatic carbocycles. The summed E-state index contributed by atoms with van der Waals surface area (Å²) in [6.07, 6.45) is 1.50. The molecule has 0 spiro atoms. The van der Waals surface area contributed by atoms with E-state index in [1.54, 1.807) is 6.92 Å². The molecule has 150 valence electrons. The highest BCUT2D eigenvalue weighted by Gasteiger charge is 2.32. The number of nitrogens with one attached hydrogen (secondary N) is 1. The fourth-order valence-corrected chi connectivity index (χ4v) is 6.40. The lowest BCUT2D eigenvalue weighted by Crippen LogP contribution is -2.37. The third kappa shape index (κ3) is 4.43. The summed E-state index contributed by atoms with van der Waals surface area (Å²) >= 11 is 0.882. The zero-order chi connectivity index (χ0) is 20.3. The van der Waals surface area contributed by atoms with Crippen LogP contribution in [0.25, 0.3) is 0 Å². The van der Waals surface area contributed by atoms with Crippen molar-refractivity contribution in [2.24, 2.45) is 0 Å². The second kappa shape index (κ2) is 8.42. The summed E-state index contributed by atoms with van der Waals surface area (Å²) < 4.78 is 27.6. The van der Waals surface area contributed by atoms with Gasteiger partial charge in [-0.1, -0.05) is 30.3 Å². The van der Waals surface area contributed by atoms with Gasteiger partial charge in [0, 0.05) is 13.1 Å². The SMILES string of the molecule is Cc1cc(S(=O)(=O)N2CCC(c3ccccc3)CC2)sc1C(=O)NCC(=O)O. The number of amides is 1. The fraction of sp³-hybridized carbons (Fsp3) is 0.368. The molecule has 1 amide bonds. The minimum atomic E-state index is -3.68. The molecule has 1 fully saturated rings. The summed E-state index contributed by atoms with van der Waals surface area (Å²) in [5, 5.41) is 10.9. The molecule has 2 aromatic rings. The predicted octanol–water partition coefficient (Wildman–Crippen LogP) is 2.44. The van der Waals surface area contributed by atoms with Crippen molar-refractivity contribution in [1.82, 2.24) is 9.62 Å². The molecule has 0 unspecified atom stereocenters. The number of aryl methyl sites for hydroxylation is 1. The van der Waals surface area contributed by atoms with Gasteiger partial charge in [0.25, 0.3) is 15.9 Å². The molecule has 7 nitrogen and oxygen atoms in total. The lowest BCUT2D eigenvalue weighted by molar-refractivity contribution is -0.135. The number of benzene rings is 1. The van der Waals surface area contributed by atoms with Crippen molar-refractivity contribution < 1.29 is 23.1 Å². The van der Waals surface area contributed by atoms with Crippen LogP contribution >= 0.6 is 11.3 Å². The molecule has 0 atom stereocenters. The van der Waals surface area contributed by atoms with Crippen molar-refractivity contribution in [3.63, 3.8) is 0 Å². The van der Waals surface area contributed by atoms with Gasteiger partial charge in [-0.2, -0.15) is 4.31 Å². The molecule has 9 heteroatoms. The molecular weight excluding hydrogens is 400 g/mol. The van der Waals surface area contributed by atoms with Crippen LogP contribution in [0, 0.1) is 6.92 Å². The van der Waals surface area contributed by atoms with Gasteiger partial charge in [-0.3, -0.25) is 9.59 Å². The highest BCUT2D eigenvalue weighted by Crippen LogP contribution is 2.33. The molecule has 1 aromatic heterocycles.